The predicted octanol–water partition coefficient (Wildman–Crippen LogP) is 3.03. The van der Waals surface area contributed by atoms with E-state index in [-0.39, 0.29) is 42.7 Å². The Morgan fingerprint density at radius 3 is 2.47 bits per heavy atom. The lowest BCUT2D eigenvalue weighted by atomic mass is 10.1. The van der Waals surface area contributed by atoms with Crippen LogP contribution in [0.5, 0.6) is 5.75 Å². The van der Waals surface area contributed by atoms with Gasteiger partial charge in [-0.3, -0.25) is 19.2 Å². The van der Waals surface area contributed by atoms with Crippen molar-refractivity contribution in [2.75, 3.05) is 24.2 Å². The quantitative estimate of drug-likeness (QED) is 0.453. The van der Waals surface area contributed by atoms with E-state index in [2.05, 4.69) is 5.32 Å². The minimum atomic E-state index is -3.66. The van der Waals surface area contributed by atoms with Crippen LogP contribution >= 0.6 is 0 Å². The molecule has 1 atom stereocenters. The van der Waals surface area contributed by atoms with Crippen molar-refractivity contribution in [1.82, 2.24) is 5.32 Å². The molecule has 2 aromatic rings. The van der Waals surface area contributed by atoms with E-state index in [0.717, 1.165) is 21.9 Å². The van der Waals surface area contributed by atoms with E-state index in [1.165, 1.54) is 24.3 Å². The molecule has 0 fully saturated rings. The molecule has 0 aliphatic heterocycles. The van der Waals surface area contributed by atoms with Gasteiger partial charge in [0.05, 0.1) is 30.0 Å². The lowest BCUT2D eigenvalue weighted by Gasteiger charge is -2.22. The van der Waals surface area contributed by atoms with Crippen LogP contribution in [0.3, 0.4) is 0 Å². The summed E-state index contributed by atoms with van der Waals surface area (Å²) in [5.74, 6) is 0.505. The van der Waals surface area contributed by atoms with Crippen molar-refractivity contribution >= 4 is 27.3 Å². The molecule has 10 heteroatoms. The number of ether oxygens (including phenoxy) is 1. The number of benzene rings is 2. The van der Waals surface area contributed by atoms with Gasteiger partial charge < -0.3 is 10.1 Å². The number of carbonyl (C=O) groups is 1. The third-order valence-electron chi connectivity index (χ3n) is 4.49. The summed E-state index contributed by atoms with van der Waals surface area (Å²) >= 11 is 0. The average molecular weight is 436 g/mol. The van der Waals surface area contributed by atoms with Gasteiger partial charge in [-0.2, -0.15) is 0 Å². The SMILES string of the molecule is COc1ccc([C@@H](C)NC(=O)CCCN(c2cccc([N+](=O)[O-])c2)S(C)(=O)=O)cc1. The number of nitro benzene ring substituents is 1. The largest absolute Gasteiger partial charge is 0.497 e. The molecule has 2 aromatic carbocycles. The van der Waals surface area contributed by atoms with Gasteiger partial charge in [-0.15, -0.1) is 0 Å². The van der Waals surface area contributed by atoms with Gasteiger partial charge in [-0.1, -0.05) is 18.2 Å². The standard InChI is InChI=1S/C20H25N3O6S/c1-15(16-9-11-19(29-2)12-10-16)21-20(24)8-5-13-22(30(3,27)28)17-6-4-7-18(14-17)23(25)26/h4,6-7,9-12,14-15H,5,8,13H2,1-3H3,(H,21,24)/t15-/m1/s1. The average Bonchev–Trinajstić information content (AvgIpc) is 2.70. The van der Waals surface area contributed by atoms with Crippen LogP contribution in [-0.4, -0.2) is 39.2 Å². The Morgan fingerprint density at radius 1 is 1.23 bits per heavy atom. The summed E-state index contributed by atoms with van der Waals surface area (Å²) in [6.07, 6.45) is 1.40. The van der Waals surface area contributed by atoms with Gasteiger partial charge in [-0.05, 0) is 37.1 Å². The summed E-state index contributed by atoms with van der Waals surface area (Å²) in [5.41, 5.74) is 0.907. The number of nitrogens with zero attached hydrogens (tertiary/aromatic N) is 2. The molecule has 1 N–H and O–H groups in total. The van der Waals surface area contributed by atoms with Crippen molar-refractivity contribution in [1.29, 1.82) is 0 Å². The summed E-state index contributed by atoms with van der Waals surface area (Å²) in [5, 5.41) is 13.8. The first kappa shape index (κ1) is 23.1. The number of carbonyl (C=O) groups excluding carboxylic acids is 1. The molecule has 0 saturated carbocycles. The molecule has 9 nitrogen and oxygen atoms in total. The summed E-state index contributed by atoms with van der Waals surface area (Å²) in [4.78, 5) is 22.6. The molecular formula is C20H25N3O6S. The summed E-state index contributed by atoms with van der Waals surface area (Å²) < 4.78 is 30.5. The first-order valence-corrected chi connectivity index (χ1v) is 11.1. The fourth-order valence-electron chi connectivity index (χ4n) is 2.92. The van der Waals surface area contributed by atoms with Crippen molar-refractivity contribution in [3.8, 4) is 5.75 Å². The zero-order chi connectivity index (χ0) is 22.3. The number of non-ortho nitro benzene ring substituents is 1. The van der Waals surface area contributed by atoms with Gasteiger partial charge >= 0.3 is 0 Å². The second-order valence-corrected chi connectivity index (χ2v) is 8.68. The fraction of sp³-hybridized carbons (Fsp3) is 0.350. The Hall–Kier alpha value is -3.14. The number of hydrogen-bond donors (Lipinski definition) is 1. The van der Waals surface area contributed by atoms with Gasteiger partial charge in [0, 0.05) is 25.1 Å². The van der Waals surface area contributed by atoms with Crippen molar-refractivity contribution in [3.63, 3.8) is 0 Å². The van der Waals surface area contributed by atoms with Crippen LogP contribution in [0.1, 0.15) is 31.4 Å². The van der Waals surface area contributed by atoms with Gasteiger partial charge in [-0.25, -0.2) is 8.42 Å². The number of nitrogens with one attached hydrogen (secondary N) is 1. The van der Waals surface area contributed by atoms with Gasteiger partial charge in [0.25, 0.3) is 5.69 Å². The highest BCUT2D eigenvalue weighted by atomic mass is 32.2. The van der Waals surface area contributed by atoms with Crippen LogP contribution in [0, 0.1) is 10.1 Å². The molecule has 0 unspecified atom stereocenters. The zero-order valence-electron chi connectivity index (χ0n) is 17.1. The topological polar surface area (TPSA) is 119 Å². The monoisotopic (exact) mass is 435 g/mol. The highest BCUT2D eigenvalue weighted by molar-refractivity contribution is 7.92. The van der Waals surface area contributed by atoms with E-state index in [1.807, 2.05) is 19.1 Å². The maximum atomic E-state index is 12.3. The molecule has 1 amide bonds. The second kappa shape index (κ2) is 10.1. The first-order valence-electron chi connectivity index (χ1n) is 9.27. The zero-order valence-corrected chi connectivity index (χ0v) is 17.9. The first-order chi connectivity index (χ1) is 14.1. The number of sulfonamides is 1. The molecular weight excluding hydrogens is 410 g/mol. The fourth-order valence-corrected chi connectivity index (χ4v) is 3.88. The molecule has 0 spiro atoms. The number of rotatable bonds is 10. The highest BCUT2D eigenvalue weighted by Crippen LogP contribution is 2.23. The van der Waals surface area contributed by atoms with Gasteiger partial charge in [0.15, 0.2) is 0 Å². The Bertz CT molecular complexity index is 992. The lowest BCUT2D eigenvalue weighted by molar-refractivity contribution is -0.384. The van der Waals surface area contributed by atoms with Crippen LogP contribution in [0.2, 0.25) is 0 Å². The van der Waals surface area contributed by atoms with E-state index >= 15 is 0 Å². The van der Waals surface area contributed by atoms with Gasteiger partial charge in [0.2, 0.25) is 15.9 Å². The Labute approximate surface area is 175 Å². The molecule has 2 rings (SSSR count). The maximum Gasteiger partial charge on any atom is 0.271 e. The third kappa shape index (κ3) is 6.45. The number of nitro groups is 1. The van der Waals surface area contributed by atoms with Crippen molar-refractivity contribution < 1.29 is 22.9 Å². The van der Waals surface area contributed by atoms with Crippen molar-refractivity contribution in [3.05, 3.63) is 64.2 Å². The Kier molecular flexibility index (Phi) is 7.76. The van der Waals surface area contributed by atoms with E-state index in [9.17, 15) is 23.3 Å². The van der Waals surface area contributed by atoms with Crippen LogP contribution in [-0.2, 0) is 14.8 Å². The minimum absolute atomic E-state index is 0.0321. The second-order valence-electron chi connectivity index (χ2n) is 6.78. The summed E-state index contributed by atoms with van der Waals surface area (Å²) in [7, 11) is -2.09. The molecule has 0 aliphatic rings. The molecule has 0 aliphatic carbocycles. The minimum Gasteiger partial charge on any atom is -0.497 e. The number of methoxy groups -OCH3 is 1. The summed E-state index contributed by atoms with van der Waals surface area (Å²) in [6, 6.07) is 12.5. The molecule has 0 heterocycles. The maximum absolute atomic E-state index is 12.3. The van der Waals surface area contributed by atoms with E-state index < -0.39 is 14.9 Å². The Morgan fingerprint density at radius 2 is 1.90 bits per heavy atom. The van der Waals surface area contributed by atoms with E-state index in [0.29, 0.717) is 0 Å². The smallest absolute Gasteiger partial charge is 0.271 e. The third-order valence-corrected chi connectivity index (χ3v) is 5.68. The van der Waals surface area contributed by atoms with Gasteiger partial charge in [0.1, 0.15) is 5.75 Å². The normalized spacial score (nSPS) is 12.1. The Balaban J connectivity index is 1.97. The molecule has 0 saturated heterocycles. The van der Waals surface area contributed by atoms with Crippen molar-refractivity contribution in [2.24, 2.45) is 0 Å². The summed E-state index contributed by atoms with van der Waals surface area (Å²) in [6.45, 7) is 1.88. The molecule has 0 radical (unpaired) electrons. The van der Waals surface area contributed by atoms with Crippen LogP contribution in [0.15, 0.2) is 48.5 Å². The molecule has 0 aromatic heterocycles. The lowest BCUT2D eigenvalue weighted by Crippen LogP contribution is -2.32. The van der Waals surface area contributed by atoms with Crippen molar-refractivity contribution in [2.45, 2.75) is 25.8 Å². The van der Waals surface area contributed by atoms with Crippen LogP contribution in [0.25, 0.3) is 0 Å². The number of amides is 1. The predicted molar refractivity (Wildman–Crippen MR) is 114 cm³/mol. The molecule has 162 valence electrons. The highest BCUT2D eigenvalue weighted by Gasteiger charge is 2.20. The van der Waals surface area contributed by atoms with E-state index in [4.69, 9.17) is 4.74 Å². The molecule has 30 heavy (non-hydrogen) atoms. The van der Waals surface area contributed by atoms with Crippen LogP contribution < -0.4 is 14.4 Å². The molecule has 0 bridgehead atoms. The van der Waals surface area contributed by atoms with Crippen LogP contribution in [0.4, 0.5) is 11.4 Å². The number of hydrogen-bond acceptors (Lipinski definition) is 6. The number of anilines is 1. The van der Waals surface area contributed by atoms with E-state index in [1.54, 1.807) is 19.2 Å².